The molecule has 1 aromatic carbocycles. The summed E-state index contributed by atoms with van der Waals surface area (Å²) in [6, 6.07) is 5.53. The first-order valence-corrected chi connectivity index (χ1v) is 7.73. The van der Waals surface area contributed by atoms with Gasteiger partial charge in [-0.15, -0.1) is 0 Å². The molecular weight excluding hydrogens is 248 g/mol. The van der Waals surface area contributed by atoms with E-state index < -0.39 is 10.0 Å². The third-order valence-corrected chi connectivity index (χ3v) is 4.35. The standard InChI is InChI=1S/C13H22N2O2S/c1-4-5-8-15-18(16,17)13-9-12(10-14-3)7-6-11(13)2/h6-7,9,14-15H,4-5,8,10H2,1-3H3. The van der Waals surface area contributed by atoms with Gasteiger partial charge in [0.25, 0.3) is 0 Å². The highest BCUT2D eigenvalue weighted by atomic mass is 32.2. The number of unbranched alkanes of at least 4 members (excludes halogenated alkanes) is 1. The predicted molar refractivity (Wildman–Crippen MR) is 74.0 cm³/mol. The zero-order valence-electron chi connectivity index (χ0n) is 11.3. The van der Waals surface area contributed by atoms with Crippen LogP contribution in [0, 0.1) is 6.92 Å². The Bertz CT molecular complexity index is 484. The molecule has 0 saturated heterocycles. The maximum Gasteiger partial charge on any atom is 0.240 e. The summed E-state index contributed by atoms with van der Waals surface area (Å²) in [6.07, 6.45) is 1.83. The Morgan fingerprint density at radius 1 is 1.28 bits per heavy atom. The molecule has 18 heavy (non-hydrogen) atoms. The van der Waals surface area contributed by atoms with Crippen molar-refractivity contribution < 1.29 is 8.42 Å². The van der Waals surface area contributed by atoms with Crippen LogP contribution in [0.15, 0.2) is 23.1 Å². The molecule has 0 atom stereocenters. The molecule has 0 aliphatic carbocycles. The molecule has 1 rings (SSSR count). The molecule has 1 aromatic rings. The highest BCUT2D eigenvalue weighted by Gasteiger charge is 2.16. The van der Waals surface area contributed by atoms with Gasteiger partial charge in [-0.3, -0.25) is 0 Å². The normalized spacial score (nSPS) is 11.7. The molecule has 0 aliphatic heterocycles. The average Bonchev–Trinajstić information content (AvgIpc) is 2.32. The molecule has 0 fully saturated rings. The van der Waals surface area contributed by atoms with Crippen LogP contribution in [0.5, 0.6) is 0 Å². The van der Waals surface area contributed by atoms with E-state index in [1.807, 2.05) is 33.0 Å². The Balaban J connectivity index is 2.95. The smallest absolute Gasteiger partial charge is 0.240 e. The van der Waals surface area contributed by atoms with Gasteiger partial charge >= 0.3 is 0 Å². The van der Waals surface area contributed by atoms with Gasteiger partial charge in [0.15, 0.2) is 0 Å². The van der Waals surface area contributed by atoms with Gasteiger partial charge in [0.2, 0.25) is 10.0 Å². The monoisotopic (exact) mass is 270 g/mol. The number of hydrogen-bond acceptors (Lipinski definition) is 3. The summed E-state index contributed by atoms with van der Waals surface area (Å²) in [5, 5.41) is 3.02. The molecule has 0 amide bonds. The Kier molecular flexibility index (Phi) is 5.78. The lowest BCUT2D eigenvalue weighted by Gasteiger charge is -2.11. The van der Waals surface area contributed by atoms with Crippen molar-refractivity contribution in [1.82, 2.24) is 10.0 Å². The fourth-order valence-corrected chi connectivity index (χ4v) is 3.08. The van der Waals surface area contributed by atoms with Crippen molar-refractivity contribution in [2.24, 2.45) is 0 Å². The summed E-state index contributed by atoms with van der Waals surface area (Å²) in [5.74, 6) is 0. The minimum atomic E-state index is -3.38. The van der Waals surface area contributed by atoms with Gasteiger partial charge in [0.1, 0.15) is 0 Å². The molecule has 0 radical (unpaired) electrons. The number of rotatable bonds is 7. The summed E-state index contributed by atoms with van der Waals surface area (Å²) in [5.41, 5.74) is 1.75. The molecule has 0 unspecified atom stereocenters. The van der Waals surface area contributed by atoms with Crippen molar-refractivity contribution in [3.8, 4) is 0 Å². The first-order chi connectivity index (χ1) is 8.51. The maximum absolute atomic E-state index is 12.2. The summed E-state index contributed by atoms with van der Waals surface area (Å²) < 4.78 is 26.9. The van der Waals surface area contributed by atoms with E-state index in [9.17, 15) is 8.42 Å². The van der Waals surface area contributed by atoms with Crippen LogP contribution < -0.4 is 10.0 Å². The van der Waals surface area contributed by atoms with Crippen LogP contribution in [0.25, 0.3) is 0 Å². The van der Waals surface area contributed by atoms with Crippen molar-refractivity contribution in [1.29, 1.82) is 0 Å². The van der Waals surface area contributed by atoms with Gasteiger partial charge in [-0.1, -0.05) is 25.5 Å². The molecular formula is C13H22N2O2S. The van der Waals surface area contributed by atoms with Crippen LogP contribution in [0.2, 0.25) is 0 Å². The van der Waals surface area contributed by atoms with Gasteiger partial charge < -0.3 is 5.32 Å². The Labute approximate surface area is 110 Å². The third kappa shape index (κ3) is 4.08. The van der Waals surface area contributed by atoms with E-state index in [1.165, 1.54) is 0 Å². The summed E-state index contributed by atoms with van der Waals surface area (Å²) in [7, 11) is -1.54. The number of aryl methyl sites for hydroxylation is 1. The lowest BCUT2D eigenvalue weighted by Crippen LogP contribution is -2.25. The summed E-state index contributed by atoms with van der Waals surface area (Å²) in [4.78, 5) is 0.381. The van der Waals surface area contributed by atoms with E-state index in [2.05, 4.69) is 10.0 Å². The topological polar surface area (TPSA) is 58.2 Å². The molecule has 2 N–H and O–H groups in total. The third-order valence-electron chi connectivity index (χ3n) is 2.75. The van der Waals surface area contributed by atoms with Crippen LogP contribution in [0.3, 0.4) is 0 Å². The van der Waals surface area contributed by atoms with Crippen molar-refractivity contribution in [2.45, 2.75) is 38.1 Å². The minimum absolute atomic E-state index is 0.381. The summed E-state index contributed by atoms with van der Waals surface area (Å²) in [6.45, 7) is 5.01. The van der Waals surface area contributed by atoms with E-state index >= 15 is 0 Å². The lowest BCUT2D eigenvalue weighted by molar-refractivity contribution is 0.577. The molecule has 102 valence electrons. The number of nitrogens with one attached hydrogen (secondary N) is 2. The van der Waals surface area contributed by atoms with Crippen molar-refractivity contribution in [2.75, 3.05) is 13.6 Å². The van der Waals surface area contributed by atoms with Crippen molar-refractivity contribution >= 4 is 10.0 Å². The van der Waals surface area contributed by atoms with Gasteiger partial charge in [-0.05, 0) is 37.6 Å². The summed E-state index contributed by atoms with van der Waals surface area (Å²) >= 11 is 0. The Morgan fingerprint density at radius 2 is 2.00 bits per heavy atom. The van der Waals surface area contributed by atoms with Gasteiger partial charge in [-0.25, -0.2) is 13.1 Å². The fraction of sp³-hybridized carbons (Fsp3) is 0.538. The second-order valence-electron chi connectivity index (χ2n) is 4.38. The minimum Gasteiger partial charge on any atom is -0.316 e. The SMILES string of the molecule is CCCCNS(=O)(=O)c1cc(CNC)ccc1C. The predicted octanol–water partition coefficient (Wildman–Crippen LogP) is 1.79. The zero-order valence-corrected chi connectivity index (χ0v) is 12.1. The molecule has 0 aliphatic rings. The van der Waals surface area contributed by atoms with Crippen molar-refractivity contribution in [3.05, 3.63) is 29.3 Å². The van der Waals surface area contributed by atoms with Gasteiger partial charge in [-0.2, -0.15) is 0 Å². The molecule has 0 spiro atoms. The van der Waals surface area contributed by atoms with E-state index in [-0.39, 0.29) is 0 Å². The van der Waals surface area contributed by atoms with Crippen LogP contribution >= 0.6 is 0 Å². The first-order valence-electron chi connectivity index (χ1n) is 6.25. The van der Waals surface area contributed by atoms with E-state index in [1.54, 1.807) is 6.07 Å². The van der Waals surface area contributed by atoms with Gasteiger partial charge in [0.05, 0.1) is 4.90 Å². The van der Waals surface area contributed by atoms with Crippen LogP contribution in [0.1, 0.15) is 30.9 Å². The van der Waals surface area contributed by atoms with Crippen LogP contribution in [0.4, 0.5) is 0 Å². The Hall–Kier alpha value is -0.910. The van der Waals surface area contributed by atoms with E-state index in [0.29, 0.717) is 18.0 Å². The number of hydrogen-bond donors (Lipinski definition) is 2. The average molecular weight is 270 g/mol. The van der Waals surface area contributed by atoms with Crippen LogP contribution in [-0.4, -0.2) is 22.0 Å². The fourth-order valence-electron chi connectivity index (χ4n) is 1.71. The maximum atomic E-state index is 12.2. The largest absolute Gasteiger partial charge is 0.316 e. The highest BCUT2D eigenvalue weighted by Crippen LogP contribution is 2.17. The molecule has 0 saturated carbocycles. The number of sulfonamides is 1. The molecule has 5 heteroatoms. The second kappa shape index (κ2) is 6.87. The lowest BCUT2D eigenvalue weighted by atomic mass is 10.1. The van der Waals surface area contributed by atoms with Crippen molar-refractivity contribution in [3.63, 3.8) is 0 Å². The number of benzene rings is 1. The first kappa shape index (κ1) is 15.1. The molecule has 0 bridgehead atoms. The quantitative estimate of drug-likeness (QED) is 0.743. The van der Waals surface area contributed by atoms with Crippen LogP contribution in [-0.2, 0) is 16.6 Å². The second-order valence-corrected chi connectivity index (χ2v) is 6.12. The zero-order chi connectivity index (χ0) is 13.6. The van der Waals surface area contributed by atoms with Gasteiger partial charge in [0, 0.05) is 13.1 Å². The molecule has 0 aromatic heterocycles. The van der Waals surface area contributed by atoms with E-state index in [4.69, 9.17) is 0 Å². The molecule has 0 heterocycles. The molecule has 4 nitrogen and oxygen atoms in total. The Morgan fingerprint density at radius 3 is 2.61 bits per heavy atom. The van der Waals surface area contributed by atoms with E-state index in [0.717, 1.165) is 24.0 Å². The highest BCUT2D eigenvalue weighted by molar-refractivity contribution is 7.89.